The zero-order chi connectivity index (χ0) is 13.4. The van der Waals surface area contributed by atoms with Gasteiger partial charge in [0.25, 0.3) is 0 Å². The molecule has 0 bridgehead atoms. The van der Waals surface area contributed by atoms with Crippen LogP contribution in [0.15, 0.2) is 23.8 Å². The minimum atomic E-state index is -0.539. The predicted molar refractivity (Wildman–Crippen MR) is 77.5 cm³/mol. The minimum absolute atomic E-state index is 0.366. The van der Waals surface area contributed by atoms with E-state index in [-0.39, 0.29) is 0 Å². The SMILES string of the molecule is C[C@@H]1C[C@@H]2[C@H]([C@@H]3C=CC[C@H]4CCC=C4[C@@]13O)C2(C)C. The Morgan fingerprint density at radius 2 is 2.11 bits per heavy atom. The van der Waals surface area contributed by atoms with E-state index >= 15 is 0 Å². The van der Waals surface area contributed by atoms with Gasteiger partial charge in [0.05, 0.1) is 5.60 Å². The third-order valence-corrected chi connectivity index (χ3v) is 6.94. The van der Waals surface area contributed by atoms with E-state index in [2.05, 4.69) is 39.0 Å². The van der Waals surface area contributed by atoms with E-state index in [1.165, 1.54) is 24.8 Å². The number of aliphatic hydroxyl groups is 1. The minimum Gasteiger partial charge on any atom is -0.385 e. The molecule has 0 amide bonds. The summed E-state index contributed by atoms with van der Waals surface area (Å²) in [6.07, 6.45) is 11.9. The molecule has 0 aromatic carbocycles. The number of allylic oxidation sites excluding steroid dienone is 2. The molecular formula is C18H26O. The predicted octanol–water partition coefficient (Wildman–Crippen LogP) is 3.94. The summed E-state index contributed by atoms with van der Waals surface area (Å²) in [5, 5.41) is 11.6. The van der Waals surface area contributed by atoms with Crippen LogP contribution in [-0.2, 0) is 0 Å². The average molecular weight is 258 g/mol. The van der Waals surface area contributed by atoms with Crippen molar-refractivity contribution in [3.8, 4) is 0 Å². The summed E-state index contributed by atoms with van der Waals surface area (Å²) < 4.78 is 0. The van der Waals surface area contributed by atoms with Gasteiger partial charge in [-0.25, -0.2) is 0 Å². The summed E-state index contributed by atoms with van der Waals surface area (Å²) in [5.74, 6) is 2.93. The van der Waals surface area contributed by atoms with Crippen LogP contribution in [0.25, 0.3) is 0 Å². The third-order valence-electron chi connectivity index (χ3n) is 6.94. The van der Waals surface area contributed by atoms with E-state index in [0.29, 0.717) is 29.1 Å². The summed E-state index contributed by atoms with van der Waals surface area (Å²) in [6.45, 7) is 7.09. The first-order valence-electron chi connectivity index (χ1n) is 8.07. The molecule has 4 aliphatic rings. The van der Waals surface area contributed by atoms with Gasteiger partial charge in [0.1, 0.15) is 0 Å². The summed E-state index contributed by atoms with van der Waals surface area (Å²) in [7, 11) is 0. The average Bonchev–Trinajstić information content (AvgIpc) is 2.74. The molecule has 0 aromatic rings. The molecule has 1 heteroatoms. The summed E-state index contributed by atoms with van der Waals surface area (Å²) in [6, 6.07) is 0. The normalized spacial score (nSPS) is 53.7. The van der Waals surface area contributed by atoms with Gasteiger partial charge < -0.3 is 5.11 Å². The summed E-state index contributed by atoms with van der Waals surface area (Å²) in [4.78, 5) is 0. The fourth-order valence-corrected chi connectivity index (χ4v) is 5.74. The van der Waals surface area contributed by atoms with Crippen LogP contribution in [0, 0.1) is 35.0 Å². The molecule has 0 heterocycles. The van der Waals surface area contributed by atoms with Crippen LogP contribution < -0.4 is 0 Å². The number of hydrogen-bond acceptors (Lipinski definition) is 1. The highest BCUT2D eigenvalue weighted by Crippen LogP contribution is 2.72. The molecule has 19 heavy (non-hydrogen) atoms. The molecule has 4 aliphatic carbocycles. The van der Waals surface area contributed by atoms with Gasteiger partial charge >= 0.3 is 0 Å². The molecule has 0 aliphatic heterocycles. The largest absolute Gasteiger partial charge is 0.385 e. The highest BCUT2D eigenvalue weighted by atomic mass is 16.3. The highest BCUT2D eigenvalue weighted by molar-refractivity contribution is 5.36. The fourth-order valence-electron chi connectivity index (χ4n) is 5.74. The van der Waals surface area contributed by atoms with Crippen molar-refractivity contribution in [3.63, 3.8) is 0 Å². The van der Waals surface area contributed by atoms with Crippen LogP contribution >= 0.6 is 0 Å². The van der Waals surface area contributed by atoms with Gasteiger partial charge in [0.2, 0.25) is 0 Å². The second-order valence-electron chi connectivity index (χ2n) is 8.04. The van der Waals surface area contributed by atoms with Gasteiger partial charge in [0, 0.05) is 5.92 Å². The molecule has 0 saturated heterocycles. The lowest BCUT2D eigenvalue weighted by Gasteiger charge is -2.45. The Hall–Kier alpha value is -0.560. The number of hydrogen-bond donors (Lipinski definition) is 1. The monoisotopic (exact) mass is 258 g/mol. The second kappa shape index (κ2) is 3.55. The van der Waals surface area contributed by atoms with Crippen molar-refractivity contribution in [2.75, 3.05) is 0 Å². The molecule has 6 atom stereocenters. The first-order chi connectivity index (χ1) is 8.97. The lowest BCUT2D eigenvalue weighted by molar-refractivity contribution is -0.0495. The van der Waals surface area contributed by atoms with Gasteiger partial charge in [-0.3, -0.25) is 0 Å². The number of fused-ring (bicyclic) bond motifs is 5. The molecular weight excluding hydrogens is 232 g/mol. The maximum atomic E-state index is 11.6. The zero-order valence-corrected chi connectivity index (χ0v) is 12.4. The molecule has 1 nitrogen and oxygen atoms in total. The second-order valence-corrected chi connectivity index (χ2v) is 8.04. The molecule has 0 spiro atoms. The first kappa shape index (κ1) is 12.2. The fraction of sp³-hybridized carbons (Fsp3) is 0.778. The van der Waals surface area contributed by atoms with Gasteiger partial charge in [-0.05, 0) is 60.3 Å². The Balaban J connectivity index is 1.82. The highest BCUT2D eigenvalue weighted by Gasteiger charge is 2.69. The molecule has 2 fully saturated rings. The van der Waals surface area contributed by atoms with Crippen LogP contribution in [0.4, 0.5) is 0 Å². The Labute approximate surface area is 116 Å². The van der Waals surface area contributed by atoms with E-state index in [4.69, 9.17) is 0 Å². The topological polar surface area (TPSA) is 20.2 Å². The van der Waals surface area contributed by atoms with Gasteiger partial charge in [-0.15, -0.1) is 0 Å². The van der Waals surface area contributed by atoms with Crippen LogP contribution in [-0.4, -0.2) is 10.7 Å². The van der Waals surface area contributed by atoms with Gasteiger partial charge in [0.15, 0.2) is 0 Å². The van der Waals surface area contributed by atoms with Crippen molar-refractivity contribution in [3.05, 3.63) is 23.8 Å². The lowest BCUT2D eigenvalue weighted by atomic mass is 9.64. The Morgan fingerprint density at radius 3 is 2.89 bits per heavy atom. The Kier molecular flexibility index (Phi) is 2.28. The molecule has 2 saturated carbocycles. The van der Waals surface area contributed by atoms with E-state index in [1.54, 1.807) is 0 Å². The van der Waals surface area contributed by atoms with Gasteiger partial charge in [-0.1, -0.05) is 39.0 Å². The lowest BCUT2D eigenvalue weighted by Crippen LogP contribution is -2.49. The quantitative estimate of drug-likeness (QED) is 0.652. The van der Waals surface area contributed by atoms with Crippen molar-refractivity contribution >= 4 is 0 Å². The van der Waals surface area contributed by atoms with Gasteiger partial charge in [-0.2, -0.15) is 0 Å². The third kappa shape index (κ3) is 1.35. The van der Waals surface area contributed by atoms with Crippen LogP contribution in [0.1, 0.15) is 46.5 Å². The number of rotatable bonds is 0. The van der Waals surface area contributed by atoms with Crippen LogP contribution in [0.2, 0.25) is 0 Å². The molecule has 0 aromatic heterocycles. The Morgan fingerprint density at radius 1 is 1.32 bits per heavy atom. The van der Waals surface area contributed by atoms with Crippen molar-refractivity contribution in [2.45, 2.75) is 52.1 Å². The van der Waals surface area contributed by atoms with E-state index in [0.717, 1.165) is 12.3 Å². The molecule has 0 radical (unpaired) electrons. The molecule has 104 valence electrons. The Bertz CT molecular complexity index is 472. The maximum Gasteiger partial charge on any atom is 0.0950 e. The molecule has 4 rings (SSSR count). The van der Waals surface area contributed by atoms with E-state index in [1.807, 2.05) is 0 Å². The van der Waals surface area contributed by atoms with Crippen molar-refractivity contribution in [1.82, 2.24) is 0 Å². The standard InChI is InChI=1S/C18H26O/c1-11-10-15-16(17(15,2)3)14-9-5-7-12-6-4-8-13(12)18(11,14)19/h5,8-9,11-12,14-16,19H,4,6-7,10H2,1-3H3/t11-,12-,14+,15-,16+,18+/m1/s1. The maximum absolute atomic E-state index is 11.6. The van der Waals surface area contributed by atoms with Crippen LogP contribution in [0.3, 0.4) is 0 Å². The van der Waals surface area contributed by atoms with Crippen molar-refractivity contribution < 1.29 is 5.11 Å². The summed E-state index contributed by atoms with van der Waals surface area (Å²) in [5.41, 5.74) is 1.30. The van der Waals surface area contributed by atoms with E-state index in [9.17, 15) is 5.11 Å². The van der Waals surface area contributed by atoms with E-state index < -0.39 is 5.60 Å². The molecule has 0 unspecified atom stereocenters. The smallest absolute Gasteiger partial charge is 0.0950 e. The van der Waals surface area contributed by atoms with Crippen molar-refractivity contribution in [1.29, 1.82) is 0 Å². The molecule has 1 N–H and O–H groups in total. The van der Waals surface area contributed by atoms with Crippen LogP contribution in [0.5, 0.6) is 0 Å². The first-order valence-corrected chi connectivity index (χ1v) is 8.07. The van der Waals surface area contributed by atoms with Crippen molar-refractivity contribution in [2.24, 2.45) is 35.0 Å². The zero-order valence-electron chi connectivity index (χ0n) is 12.4. The summed E-state index contributed by atoms with van der Waals surface area (Å²) >= 11 is 0.